The molecule has 0 fully saturated rings. The number of thioether (sulfide) groups is 1. The van der Waals surface area contributed by atoms with Crippen molar-refractivity contribution in [1.29, 1.82) is 0 Å². The number of rotatable bonds is 6. The van der Waals surface area contributed by atoms with Crippen LogP contribution in [0.2, 0.25) is 5.02 Å². The highest BCUT2D eigenvalue weighted by Crippen LogP contribution is 2.33. The highest BCUT2D eigenvalue weighted by molar-refractivity contribution is 8.00. The summed E-state index contributed by atoms with van der Waals surface area (Å²) in [5.74, 6) is 1.04. The molecular weight excluding hydrogens is 436 g/mol. The van der Waals surface area contributed by atoms with Gasteiger partial charge in [-0.25, -0.2) is 4.98 Å². The monoisotopic (exact) mass is 448 g/mol. The van der Waals surface area contributed by atoms with Crippen LogP contribution in [-0.4, -0.2) is 28.2 Å². The highest BCUT2D eigenvalue weighted by atomic mass is 35.5. The Balaban J connectivity index is 1.38. The second-order valence-electron chi connectivity index (χ2n) is 5.56. The van der Waals surface area contributed by atoms with E-state index in [2.05, 4.69) is 20.5 Å². The van der Waals surface area contributed by atoms with E-state index in [0.717, 1.165) is 25.3 Å². The molecule has 0 saturated heterocycles. The topological polar surface area (TPSA) is 77.0 Å². The number of halogens is 1. The van der Waals surface area contributed by atoms with Crippen LogP contribution in [0.5, 0.6) is 5.75 Å². The predicted molar refractivity (Wildman–Crippen MR) is 115 cm³/mol. The molecule has 0 spiro atoms. The Morgan fingerprint density at radius 2 is 2.00 bits per heavy atom. The molecule has 2 aromatic heterocycles. The number of amides is 1. The van der Waals surface area contributed by atoms with E-state index in [4.69, 9.17) is 16.3 Å². The Kier molecular flexibility index (Phi) is 5.77. The lowest BCUT2D eigenvalue weighted by molar-refractivity contribution is 0.102. The molecule has 0 saturated carbocycles. The van der Waals surface area contributed by atoms with Crippen LogP contribution in [0, 0.1) is 0 Å². The maximum absolute atomic E-state index is 12.3. The lowest BCUT2D eigenvalue weighted by atomic mass is 10.3. The number of nitrogens with zero attached hydrogens (tertiary/aromatic N) is 3. The van der Waals surface area contributed by atoms with Crippen LogP contribution in [0.25, 0.3) is 10.2 Å². The van der Waals surface area contributed by atoms with Crippen LogP contribution in [0.1, 0.15) is 14.8 Å². The Morgan fingerprint density at radius 3 is 2.79 bits per heavy atom. The number of methoxy groups -OCH3 is 1. The van der Waals surface area contributed by atoms with E-state index in [1.54, 1.807) is 54.5 Å². The molecule has 142 valence electrons. The van der Waals surface area contributed by atoms with Crippen molar-refractivity contribution in [3.8, 4) is 5.75 Å². The average Bonchev–Trinajstić information content (AvgIpc) is 3.33. The summed E-state index contributed by atoms with van der Waals surface area (Å²) >= 11 is 10.4. The second-order valence-corrected chi connectivity index (χ2v) is 9.32. The van der Waals surface area contributed by atoms with E-state index in [1.807, 2.05) is 18.2 Å². The second kappa shape index (κ2) is 8.44. The fourth-order valence-corrected chi connectivity index (χ4v) is 5.26. The minimum absolute atomic E-state index is 0.284. The van der Waals surface area contributed by atoms with Crippen LogP contribution in [0.15, 0.2) is 46.8 Å². The molecular formula is C18H13ClN4O2S3. The van der Waals surface area contributed by atoms with E-state index in [1.165, 1.54) is 11.3 Å². The van der Waals surface area contributed by atoms with Gasteiger partial charge in [-0.3, -0.25) is 4.79 Å². The van der Waals surface area contributed by atoms with Crippen LogP contribution < -0.4 is 10.1 Å². The van der Waals surface area contributed by atoms with Gasteiger partial charge in [-0.1, -0.05) is 34.7 Å². The minimum atomic E-state index is -0.284. The number of anilines is 1. The fraction of sp³-hybridized carbons (Fsp3) is 0.111. The number of fused-ring (bicyclic) bond motifs is 1. The lowest BCUT2D eigenvalue weighted by Gasteiger charge is -2.03. The van der Waals surface area contributed by atoms with Gasteiger partial charge in [0.05, 0.1) is 23.1 Å². The van der Waals surface area contributed by atoms with E-state index in [-0.39, 0.29) is 5.91 Å². The summed E-state index contributed by atoms with van der Waals surface area (Å²) in [7, 11) is 1.60. The van der Waals surface area contributed by atoms with Crippen LogP contribution in [0.3, 0.4) is 0 Å². The Bertz CT molecular complexity index is 1130. The lowest BCUT2D eigenvalue weighted by Crippen LogP contribution is -2.11. The summed E-state index contributed by atoms with van der Waals surface area (Å²) in [5, 5.41) is 12.7. The number of carbonyl (C=O) groups excluding carboxylic acids is 1. The number of hydrogen-bond donors (Lipinski definition) is 1. The standard InChI is InChI=1S/C18H13ClN4O2S3/c1-25-12-5-3-11(4-6-12)20-16(24)17-23-22-15(28-17)9-26-18-21-13-8-10(19)2-7-14(13)27-18/h2-8H,9H2,1H3,(H,20,24). The Labute approximate surface area is 177 Å². The number of hydrogen-bond acceptors (Lipinski definition) is 8. The van der Waals surface area contributed by atoms with E-state index >= 15 is 0 Å². The molecule has 4 rings (SSSR count). The molecule has 0 aliphatic carbocycles. The van der Waals surface area contributed by atoms with Gasteiger partial charge < -0.3 is 10.1 Å². The van der Waals surface area contributed by atoms with Crippen LogP contribution in [0.4, 0.5) is 5.69 Å². The zero-order valence-corrected chi connectivity index (χ0v) is 17.7. The van der Waals surface area contributed by atoms with E-state index in [9.17, 15) is 4.79 Å². The molecule has 10 heteroatoms. The molecule has 0 atom stereocenters. The predicted octanol–water partition coefficient (Wildman–Crippen LogP) is 5.35. The van der Waals surface area contributed by atoms with Crippen molar-refractivity contribution in [2.45, 2.75) is 10.1 Å². The molecule has 1 N–H and O–H groups in total. The molecule has 0 unspecified atom stereocenters. The molecule has 0 bridgehead atoms. The molecule has 2 heterocycles. The van der Waals surface area contributed by atoms with Gasteiger partial charge in [-0.05, 0) is 42.5 Å². The van der Waals surface area contributed by atoms with Gasteiger partial charge >= 0.3 is 0 Å². The minimum Gasteiger partial charge on any atom is -0.497 e. The third-order valence-corrected chi connectivity index (χ3v) is 7.19. The van der Waals surface area contributed by atoms with Gasteiger partial charge in [-0.15, -0.1) is 21.5 Å². The highest BCUT2D eigenvalue weighted by Gasteiger charge is 2.14. The zero-order valence-electron chi connectivity index (χ0n) is 14.5. The summed E-state index contributed by atoms with van der Waals surface area (Å²) in [6.45, 7) is 0. The smallest absolute Gasteiger partial charge is 0.286 e. The van der Waals surface area contributed by atoms with Crippen molar-refractivity contribution in [1.82, 2.24) is 15.2 Å². The summed E-state index contributed by atoms with van der Waals surface area (Å²) in [4.78, 5) is 16.9. The summed E-state index contributed by atoms with van der Waals surface area (Å²) < 4.78 is 7.12. The molecule has 2 aromatic carbocycles. The van der Waals surface area contributed by atoms with Crippen LogP contribution >= 0.6 is 46.0 Å². The zero-order chi connectivity index (χ0) is 19.5. The maximum atomic E-state index is 12.3. The van der Waals surface area contributed by atoms with Crippen molar-refractivity contribution in [2.24, 2.45) is 0 Å². The molecule has 6 nitrogen and oxygen atoms in total. The van der Waals surface area contributed by atoms with Gasteiger partial charge in [0.25, 0.3) is 5.91 Å². The third kappa shape index (κ3) is 4.44. The first-order chi connectivity index (χ1) is 13.6. The number of benzene rings is 2. The van der Waals surface area contributed by atoms with E-state index in [0.29, 0.717) is 21.5 Å². The number of nitrogens with one attached hydrogen (secondary N) is 1. The van der Waals surface area contributed by atoms with Crippen molar-refractivity contribution < 1.29 is 9.53 Å². The van der Waals surface area contributed by atoms with Crippen molar-refractivity contribution in [3.63, 3.8) is 0 Å². The Hall–Kier alpha value is -2.20. The quantitative estimate of drug-likeness (QED) is 0.400. The molecule has 0 aliphatic rings. The first-order valence-electron chi connectivity index (χ1n) is 8.07. The summed E-state index contributed by atoms with van der Waals surface area (Å²) in [5.41, 5.74) is 1.56. The molecule has 0 radical (unpaired) electrons. The van der Waals surface area contributed by atoms with Gasteiger partial charge in [-0.2, -0.15) is 0 Å². The third-order valence-electron chi connectivity index (χ3n) is 3.66. The summed E-state index contributed by atoms with van der Waals surface area (Å²) in [6, 6.07) is 12.8. The first-order valence-corrected chi connectivity index (χ1v) is 11.1. The molecule has 4 aromatic rings. The number of aromatic nitrogens is 3. The van der Waals surface area contributed by atoms with Crippen LogP contribution in [-0.2, 0) is 5.75 Å². The SMILES string of the molecule is COc1ccc(NC(=O)c2nnc(CSc3nc4cc(Cl)ccc4s3)s2)cc1. The number of carbonyl (C=O) groups is 1. The van der Waals surface area contributed by atoms with Crippen molar-refractivity contribution in [2.75, 3.05) is 12.4 Å². The van der Waals surface area contributed by atoms with Crippen molar-refractivity contribution in [3.05, 3.63) is 57.5 Å². The largest absolute Gasteiger partial charge is 0.497 e. The molecule has 1 amide bonds. The number of ether oxygens (including phenoxy) is 1. The average molecular weight is 449 g/mol. The summed E-state index contributed by atoms with van der Waals surface area (Å²) in [6.07, 6.45) is 0. The maximum Gasteiger partial charge on any atom is 0.286 e. The molecule has 0 aliphatic heterocycles. The molecule has 28 heavy (non-hydrogen) atoms. The fourth-order valence-electron chi connectivity index (χ4n) is 2.33. The van der Waals surface area contributed by atoms with Gasteiger partial charge in [0.1, 0.15) is 10.8 Å². The normalized spacial score (nSPS) is 10.9. The van der Waals surface area contributed by atoms with Gasteiger partial charge in [0.15, 0.2) is 4.34 Å². The van der Waals surface area contributed by atoms with Gasteiger partial charge in [0.2, 0.25) is 5.01 Å². The first kappa shape index (κ1) is 19.1. The van der Waals surface area contributed by atoms with Gasteiger partial charge in [0, 0.05) is 10.7 Å². The number of thiazole rings is 1. The van der Waals surface area contributed by atoms with E-state index < -0.39 is 0 Å². The Morgan fingerprint density at radius 1 is 1.18 bits per heavy atom. The van der Waals surface area contributed by atoms with Crippen molar-refractivity contribution >= 4 is 67.8 Å².